The van der Waals surface area contributed by atoms with Gasteiger partial charge < -0.3 is 9.30 Å². The van der Waals surface area contributed by atoms with Crippen molar-refractivity contribution in [1.29, 1.82) is 0 Å². The van der Waals surface area contributed by atoms with Crippen molar-refractivity contribution in [3.63, 3.8) is 0 Å². The molecule has 22 heavy (non-hydrogen) atoms. The number of hydrogen-bond donors (Lipinski definition) is 0. The second-order valence-electron chi connectivity index (χ2n) is 4.77. The van der Waals surface area contributed by atoms with Crippen LogP contribution in [0.1, 0.15) is 5.69 Å². The average Bonchev–Trinajstić information content (AvgIpc) is 2.52. The number of rotatable bonds is 3. The highest BCUT2D eigenvalue weighted by atomic mass is 79.9. The highest BCUT2D eigenvalue weighted by Crippen LogP contribution is 2.29. The molecule has 0 bridgehead atoms. The Morgan fingerprint density at radius 2 is 2.09 bits per heavy atom. The summed E-state index contributed by atoms with van der Waals surface area (Å²) in [6, 6.07) is 10.7. The number of methoxy groups -OCH3 is 1. The highest BCUT2D eigenvalue weighted by molar-refractivity contribution is 9.10. The minimum Gasteiger partial charge on any atom is -0.495 e. The molecule has 3 aromatic rings. The van der Waals surface area contributed by atoms with E-state index in [2.05, 4.69) is 20.9 Å². The first kappa shape index (κ1) is 15.1. The van der Waals surface area contributed by atoms with Crippen LogP contribution in [0, 0.1) is 0 Å². The standard InChI is InChI=1S/C16H12BrClN2O2/c1-22-15-7-14-10(6-13(15)17)2-5-16(21)20(14)9-12-4-3-11(18)8-19-12/h2-8H,9H2,1H3. The minimum absolute atomic E-state index is 0.0892. The number of aromatic nitrogens is 2. The summed E-state index contributed by atoms with van der Waals surface area (Å²) in [7, 11) is 1.60. The van der Waals surface area contributed by atoms with Crippen LogP contribution in [0.25, 0.3) is 10.9 Å². The van der Waals surface area contributed by atoms with Crippen molar-refractivity contribution in [1.82, 2.24) is 9.55 Å². The number of benzene rings is 1. The van der Waals surface area contributed by atoms with Crippen molar-refractivity contribution in [2.45, 2.75) is 6.54 Å². The molecule has 0 aliphatic carbocycles. The van der Waals surface area contributed by atoms with E-state index in [0.717, 1.165) is 21.1 Å². The summed E-state index contributed by atoms with van der Waals surface area (Å²) in [5.74, 6) is 0.677. The van der Waals surface area contributed by atoms with Crippen molar-refractivity contribution in [3.8, 4) is 5.75 Å². The molecule has 0 saturated carbocycles. The van der Waals surface area contributed by atoms with Crippen LogP contribution in [0.2, 0.25) is 5.02 Å². The van der Waals surface area contributed by atoms with E-state index in [-0.39, 0.29) is 5.56 Å². The van der Waals surface area contributed by atoms with Gasteiger partial charge in [0.15, 0.2) is 0 Å². The number of hydrogen-bond acceptors (Lipinski definition) is 3. The van der Waals surface area contributed by atoms with Crippen molar-refractivity contribution >= 4 is 38.4 Å². The molecule has 1 aromatic carbocycles. The van der Waals surface area contributed by atoms with E-state index in [1.54, 1.807) is 36.1 Å². The van der Waals surface area contributed by atoms with Gasteiger partial charge in [0, 0.05) is 18.3 Å². The third-order valence-electron chi connectivity index (χ3n) is 3.37. The summed E-state index contributed by atoms with van der Waals surface area (Å²) in [5.41, 5.74) is 1.47. The lowest BCUT2D eigenvalue weighted by molar-refractivity contribution is 0.412. The first-order chi connectivity index (χ1) is 10.6. The van der Waals surface area contributed by atoms with Crippen molar-refractivity contribution in [2.24, 2.45) is 0 Å². The summed E-state index contributed by atoms with van der Waals surface area (Å²) in [6.45, 7) is 0.373. The molecule has 0 aliphatic heterocycles. The molecule has 0 saturated heterocycles. The Morgan fingerprint density at radius 1 is 1.27 bits per heavy atom. The van der Waals surface area contributed by atoms with E-state index in [4.69, 9.17) is 16.3 Å². The highest BCUT2D eigenvalue weighted by Gasteiger charge is 2.09. The van der Waals surface area contributed by atoms with Gasteiger partial charge in [-0.1, -0.05) is 11.6 Å². The third kappa shape index (κ3) is 2.87. The number of fused-ring (bicyclic) bond motifs is 1. The molecule has 2 heterocycles. The van der Waals surface area contributed by atoms with Gasteiger partial charge in [-0.3, -0.25) is 9.78 Å². The molecular formula is C16H12BrClN2O2. The van der Waals surface area contributed by atoms with Crippen molar-refractivity contribution in [3.05, 3.63) is 68.1 Å². The molecule has 3 rings (SSSR count). The van der Waals surface area contributed by atoms with Gasteiger partial charge in [0.2, 0.25) is 0 Å². The Balaban J connectivity index is 2.16. The van der Waals surface area contributed by atoms with Crippen molar-refractivity contribution < 1.29 is 4.74 Å². The molecule has 0 unspecified atom stereocenters. The SMILES string of the molecule is COc1cc2c(ccc(=O)n2Cc2ccc(Cl)cn2)cc1Br. The largest absolute Gasteiger partial charge is 0.495 e. The van der Waals surface area contributed by atoms with E-state index >= 15 is 0 Å². The van der Waals surface area contributed by atoms with E-state index in [1.807, 2.05) is 18.2 Å². The molecule has 0 spiro atoms. The van der Waals surface area contributed by atoms with Crippen LogP contribution in [-0.2, 0) is 6.54 Å². The lowest BCUT2D eigenvalue weighted by Crippen LogP contribution is -2.20. The van der Waals surface area contributed by atoms with E-state index < -0.39 is 0 Å². The van der Waals surface area contributed by atoms with Crippen LogP contribution in [-0.4, -0.2) is 16.7 Å². The Bertz CT molecular complexity index is 891. The van der Waals surface area contributed by atoms with Gasteiger partial charge in [-0.05, 0) is 45.6 Å². The van der Waals surface area contributed by atoms with Gasteiger partial charge in [0.25, 0.3) is 5.56 Å². The Morgan fingerprint density at radius 3 is 2.77 bits per heavy atom. The fourth-order valence-corrected chi connectivity index (χ4v) is 2.91. The molecule has 0 atom stereocenters. The predicted octanol–water partition coefficient (Wildman–Crippen LogP) is 3.87. The summed E-state index contributed by atoms with van der Waals surface area (Å²) in [6.07, 6.45) is 1.57. The zero-order chi connectivity index (χ0) is 15.7. The van der Waals surface area contributed by atoms with Crippen LogP contribution in [0.4, 0.5) is 0 Å². The maximum atomic E-state index is 12.2. The predicted molar refractivity (Wildman–Crippen MR) is 90.8 cm³/mol. The number of pyridine rings is 2. The molecule has 0 amide bonds. The maximum Gasteiger partial charge on any atom is 0.251 e. The normalized spacial score (nSPS) is 10.9. The summed E-state index contributed by atoms with van der Waals surface area (Å²) < 4.78 is 7.83. The first-order valence-corrected chi connectivity index (χ1v) is 7.73. The lowest BCUT2D eigenvalue weighted by Gasteiger charge is -2.12. The number of nitrogens with zero attached hydrogens (tertiary/aromatic N) is 2. The summed E-state index contributed by atoms with van der Waals surface area (Å²) in [5, 5.41) is 1.51. The fourth-order valence-electron chi connectivity index (χ4n) is 2.28. The molecule has 0 fully saturated rings. The zero-order valence-electron chi connectivity index (χ0n) is 11.7. The van der Waals surface area contributed by atoms with E-state index in [1.165, 1.54) is 0 Å². The van der Waals surface area contributed by atoms with Gasteiger partial charge >= 0.3 is 0 Å². The fraction of sp³-hybridized carbons (Fsp3) is 0.125. The zero-order valence-corrected chi connectivity index (χ0v) is 14.1. The van der Waals surface area contributed by atoms with Crippen LogP contribution in [0.15, 0.2) is 51.9 Å². The molecule has 0 N–H and O–H groups in total. The quantitative estimate of drug-likeness (QED) is 0.694. The molecule has 0 aliphatic rings. The molecule has 2 aromatic heterocycles. The number of halogens is 2. The smallest absolute Gasteiger partial charge is 0.251 e. The second-order valence-corrected chi connectivity index (χ2v) is 6.06. The third-order valence-corrected chi connectivity index (χ3v) is 4.22. The summed E-state index contributed by atoms with van der Waals surface area (Å²) in [4.78, 5) is 16.5. The average molecular weight is 380 g/mol. The van der Waals surface area contributed by atoms with Gasteiger partial charge in [0.05, 0.1) is 34.4 Å². The second kappa shape index (κ2) is 6.10. The van der Waals surface area contributed by atoms with E-state index in [0.29, 0.717) is 17.3 Å². The molecule has 4 nitrogen and oxygen atoms in total. The minimum atomic E-state index is -0.0892. The topological polar surface area (TPSA) is 44.1 Å². The Kier molecular flexibility index (Phi) is 4.18. The van der Waals surface area contributed by atoms with Crippen LogP contribution < -0.4 is 10.3 Å². The molecule has 112 valence electrons. The molecular weight excluding hydrogens is 368 g/mol. The van der Waals surface area contributed by atoms with Crippen LogP contribution >= 0.6 is 27.5 Å². The van der Waals surface area contributed by atoms with Gasteiger partial charge in [-0.15, -0.1) is 0 Å². The Labute approximate surface area is 140 Å². The monoisotopic (exact) mass is 378 g/mol. The summed E-state index contributed by atoms with van der Waals surface area (Å²) >= 11 is 9.30. The molecule has 6 heteroatoms. The van der Waals surface area contributed by atoms with Gasteiger partial charge in [-0.2, -0.15) is 0 Å². The van der Waals surface area contributed by atoms with Crippen LogP contribution in [0.5, 0.6) is 5.75 Å². The van der Waals surface area contributed by atoms with Crippen molar-refractivity contribution in [2.75, 3.05) is 7.11 Å². The first-order valence-electron chi connectivity index (χ1n) is 6.56. The lowest BCUT2D eigenvalue weighted by atomic mass is 10.2. The maximum absolute atomic E-state index is 12.2. The van der Waals surface area contributed by atoms with E-state index in [9.17, 15) is 4.79 Å². The van der Waals surface area contributed by atoms with Crippen LogP contribution in [0.3, 0.4) is 0 Å². The van der Waals surface area contributed by atoms with Gasteiger partial charge in [-0.25, -0.2) is 0 Å². The number of ether oxygens (including phenoxy) is 1. The van der Waals surface area contributed by atoms with Gasteiger partial charge in [0.1, 0.15) is 5.75 Å². The Hall–Kier alpha value is -1.85. The molecule has 0 radical (unpaired) electrons.